The highest BCUT2D eigenvalue weighted by atomic mass is 35.5. The highest BCUT2D eigenvalue weighted by Crippen LogP contribution is 2.32. The number of hydrogen-bond acceptors (Lipinski definition) is 6. The van der Waals surface area contributed by atoms with E-state index in [-0.39, 0.29) is 40.8 Å². The highest BCUT2D eigenvalue weighted by Gasteiger charge is 2.37. The molecule has 4 rings (SSSR count). The van der Waals surface area contributed by atoms with Gasteiger partial charge in [-0.25, -0.2) is 4.79 Å². The van der Waals surface area contributed by atoms with E-state index in [1.807, 2.05) is 0 Å². The van der Waals surface area contributed by atoms with Gasteiger partial charge in [-0.3, -0.25) is 14.4 Å². The van der Waals surface area contributed by atoms with E-state index in [4.69, 9.17) is 44.3 Å². The monoisotopic (exact) mass is 559 g/mol. The zero-order chi connectivity index (χ0) is 26.7. The van der Waals surface area contributed by atoms with Gasteiger partial charge < -0.3 is 14.4 Å². The van der Waals surface area contributed by atoms with Crippen LogP contribution in [0.3, 0.4) is 0 Å². The van der Waals surface area contributed by atoms with E-state index in [9.17, 15) is 19.2 Å². The Morgan fingerprint density at radius 1 is 0.973 bits per heavy atom. The number of carbonyl (C=O) groups excluding carboxylic acids is 4. The van der Waals surface area contributed by atoms with Gasteiger partial charge in [-0.2, -0.15) is 0 Å². The first-order valence-electron chi connectivity index (χ1n) is 11.2. The third-order valence-corrected chi connectivity index (χ3v) is 6.83. The molecule has 0 unspecified atom stereocenters. The van der Waals surface area contributed by atoms with Crippen LogP contribution >= 0.6 is 34.8 Å². The average molecular weight is 561 g/mol. The van der Waals surface area contributed by atoms with Crippen molar-refractivity contribution in [3.05, 3.63) is 92.4 Å². The molecule has 0 bridgehead atoms. The standard InChI is InChI=1S/C27H20Cl3NO6/c1-15-21(29)3-2-4-23(15)31-13-17(11-25(31)33)26(34)36-14-24(32)16-5-8-19(9-6-16)37-27(35)20-10-7-18(28)12-22(20)30/h2-10,12,17H,11,13-14H2,1H3/t17-/m1/s1. The van der Waals surface area contributed by atoms with Crippen molar-refractivity contribution in [1.82, 2.24) is 0 Å². The maximum Gasteiger partial charge on any atom is 0.345 e. The van der Waals surface area contributed by atoms with Crippen LogP contribution < -0.4 is 9.64 Å². The van der Waals surface area contributed by atoms with Crippen LogP contribution in [0.4, 0.5) is 5.69 Å². The van der Waals surface area contributed by atoms with Gasteiger partial charge in [-0.05, 0) is 67.1 Å². The van der Waals surface area contributed by atoms with Gasteiger partial charge in [0.25, 0.3) is 0 Å². The van der Waals surface area contributed by atoms with Gasteiger partial charge >= 0.3 is 11.9 Å². The van der Waals surface area contributed by atoms with Crippen LogP contribution in [0.25, 0.3) is 0 Å². The lowest BCUT2D eigenvalue weighted by atomic mass is 10.1. The van der Waals surface area contributed by atoms with E-state index in [1.54, 1.807) is 25.1 Å². The number of carbonyl (C=O) groups is 4. The second kappa shape index (κ2) is 11.3. The molecular formula is C27H20Cl3NO6. The number of halogens is 3. The molecule has 0 aromatic heterocycles. The zero-order valence-electron chi connectivity index (χ0n) is 19.5. The Morgan fingerprint density at radius 2 is 1.70 bits per heavy atom. The summed E-state index contributed by atoms with van der Waals surface area (Å²) in [6, 6.07) is 15.4. The summed E-state index contributed by atoms with van der Waals surface area (Å²) in [6.45, 7) is 1.46. The first kappa shape index (κ1) is 26.7. The topological polar surface area (TPSA) is 90.0 Å². The Bertz CT molecular complexity index is 1390. The second-order valence-corrected chi connectivity index (χ2v) is 9.61. The molecule has 1 atom stereocenters. The molecule has 0 aliphatic carbocycles. The minimum absolute atomic E-state index is 0.0172. The molecule has 1 amide bonds. The molecular weight excluding hydrogens is 541 g/mol. The summed E-state index contributed by atoms with van der Waals surface area (Å²) in [4.78, 5) is 51.4. The third-order valence-electron chi connectivity index (χ3n) is 5.87. The van der Waals surface area contributed by atoms with Crippen LogP contribution in [0, 0.1) is 12.8 Å². The van der Waals surface area contributed by atoms with Crippen molar-refractivity contribution < 1.29 is 28.7 Å². The van der Waals surface area contributed by atoms with E-state index >= 15 is 0 Å². The SMILES string of the molecule is Cc1c(Cl)cccc1N1C[C@H](C(=O)OCC(=O)c2ccc(OC(=O)c3ccc(Cl)cc3Cl)cc2)CC1=O. The smallest absolute Gasteiger partial charge is 0.345 e. The Morgan fingerprint density at radius 3 is 2.41 bits per heavy atom. The van der Waals surface area contributed by atoms with Crippen LogP contribution in [-0.4, -0.2) is 36.8 Å². The molecule has 0 radical (unpaired) electrons. The van der Waals surface area contributed by atoms with Gasteiger partial charge in [0.15, 0.2) is 12.4 Å². The lowest BCUT2D eigenvalue weighted by Gasteiger charge is -2.19. The number of anilines is 1. The third kappa shape index (κ3) is 6.13. The number of esters is 2. The number of hydrogen-bond donors (Lipinski definition) is 0. The van der Waals surface area contributed by atoms with Crippen LogP contribution in [0.15, 0.2) is 60.7 Å². The van der Waals surface area contributed by atoms with Crippen LogP contribution in [0.1, 0.15) is 32.7 Å². The molecule has 1 aliphatic rings. The van der Waals surface area contributed by atoms with Crippen LogP contribution in [0.5, 0.6) is 5.75 Å². The van der Waals surface area contributed by atoms with Crippen molar-refractivity contribution in [2.45, 2.75) is 13.3 Å². The summed E-state index contributed by atoms with van der Waals surface area (Å²) >= 11 is 18.0. The van der Waals surface area contributed by atoms with Gasteiger partial charge in [0.1, 0.15) is 5.75 Å². The predicted molar refractivity (Wildman–Crippen MR) is 140 cm³/mol. The van der Waals surface area contributed by atoms with Crippen LogP contribution in [0.2, 0.25) is 15.1 Å². The fourth-order valence-electron chi connectivity index (χ4n) is 3.85. The molecule has 1 heterocycles. The van der Waals surface area contributed by atoms with E-state index in [2.05, 4.69) is 0 Å². The van der Waals surface area contributed by atoms with Gasteiger partial charge in [0, 0.05) is 34.3 Å². The molecule has 7 nitrogen and oxygen atoms in total. The van der Waals surface area contributed by atoms with Gasteiger partial charge in [0.05, 0.1) is 16.5 Å². The first-order valence-corrected chi connectivity index (χ1v) is 12.3. The van der Waals surface area contributed by atoms with Crippen LogP contribution in [-0.2, 0) is 14.3 Å². The highest BCUT2D eigenvalue weighted by molar-refractivity contribution is 6.36. The minimum Gasteiger partial charge on any atom is -0.457 e. The fraction of sp³-hybridized carbons (Fsp3) is 0.185. The molecule has 3 aromatic rings. The minimum atomic E-state index is -0.694. The number of ketones is 1. The van der Waals surface area contributed by atoms with Gasteiger partial charge in [0.2, 0.25) is 5.91 Å². The summed E-state index contributed by atoms with van der Waals surface area (Å²) in [7, 11) is 0. The molecule has 0 N–H and O–H groups in total. The van der Waals surface area contributed by atoms with E-state index in [0.29, 0.717) is 15.7 Å². The Hall–Kier alpha value is -3.39. The van der Waals surface area contributed by atoms with Crippen molar-refractivity contribution in [1.29, 1.82) is 0 Å². The Labute approximate surface area is 227 Å². The predicted octanol–water partition coefficient (Wildman–Crippen LogP) is 5.95. The number of ether oxygens (including phenoxy) is 2. The van der Waals surface area contributed by atoms with Crippen molar-refractivity contribution >= 4 is 64.1 Å². The van der Waals surface area contributed by atoms with Crippen molar-refractivity contribution in [3.63, 3.8) is 0 Å². The molecule has 1 saturated heterocycles. The van der Waals surface area contributed by atoms with Crippen molar-refractivity contribution in [2.75, 3.05) is 18.1 Å². The number of amides is 1. The molecule has 10 heteroatoms. The number of rotatable bonds is 7. The van der Waals surface area contributed by atoms with Gasteiger partial charge in [-0.15, -0.1) is 0 Å². The van der Waals surface area contributed by atoms with Gasteiger partial charge in [-0.1, -0.05) is 40.9 Å². The summed E-state index contributed by atoms with van der Waals surface area (Å²) in [5.74, 6) is -2.47. The lowest BCUT2D eigenvalue weighted by molar-refractivity contribution is -0.147. The Kier molecular flexibility index (Phi) is 8.17. The first-order chi connectivity index (χ1) is 17.6. The molecule has 3 aromatic carbocycles. The second-order valence-electron chi connectivity index (χ2n) is 8.36. The zero-order valence-corrected chi connectivity index (χ0v) is 21.8. The quantitative estimate of drug-likeness (QED) is 0.201. The van der Waals surface area contributed by atoms with E-state index in [1.165, 1.54) is 47.4 Å². The van der Waals surface area contributed by atoms with Crippen molar-refractivity contribution in [2.24, 2.45) is 5.92 Å². The van der Waals surface area contributed by atoms with E-state index in [0.717, 1.165) is 5.56 Å². The average Bonchev–Trinajstić information content (AvgIpc) is 3.25. The Balaban J connectivity index is 1.31. The largest absolute Gasteiger partial charge is 0.457 e. The molecule has 0 spiro atoms. The van der Waals surface area contributed by atoms with Crippen molar-refractivity contribution in [3.8, 4) is 5.75 Å². The number of benzene rings is 3. The summed E-state index contributed by atoms with van der Waals surface area (Å²) in [6.07, 6.45) is -0.0172. The summed E-state index contributed by atoms with van der Waals surface area (Å²) in [5.41, 5.74) is 1.79. The molecule has 37 heavy (non-hydrogen) atoms. The molecule has 1 fully saturated rings. The summed E-state index contributed by atoms with van der Waals surface area (Å²) < 4.78 is 10.5. The number of nitrogens with zero attached hydrogens (tertiary/aromatic N) is 1. The lowest BCUT2D eigenvalue weighted by Crippen LogP contribution is -2.27. The fourth-order valence-corrected chi connectivity index (χ4v) is 4.51. The maximum absolute atomic E-state index is 12.6. The molecule has 1 aliphatic heterocycles. The van der Waals surface area contributed by atoms with E-state index < -0.39 is 30.2 Å². The molecule has 0 saturated carbocycles. The normalized spacial score (nSPS) is 15.0. The number of Topliss-reactive ketones (excluding diaryl/α,β-unsaturated/α-hetero) is 1. The molecule has 190 valence electrons. The summed E-state index contributed by atoms with van der Waals surface area (Å²) in [5, 5.41) is 1.07. The maximum atomic E-state index is 12.6.